The van der Waals surface area contributed by atoms with Gasteiger partial charge in [0.25, 0.3) is 0 Å². The average molecular weight is 405 g/mol. The number of nitrogens with zero attached hydrogens (tertiary/aromatic N) is 1. The number of hydrogen-bond donors (Lipinski definition) is 0. The van der Waals surface area contributed by atoms with E-state index >= 15 is 0 Å². The Morgan fingerprint density at radius 3 is 2.69 bits per heavy atom. The molecule has 0 saturated heterocycles. The van der Waals surface area contributed by atoms with Gasteiger partial charge in [0, 0.05) is 35.0 Å². The van der Waals surface area contributed by atoms with Crippen LogP contribution in [0.5, 0.6) is 5.75 Å². The Kier molecular flexibility index (Phi) is 5.91. The van der Waals surface area contributed by atoms with Gasteiger partial charge in [-0.05, 0) is 37.3 Å². The van der Waals surface area contributed by atoms with Gasteiger partial charge in [0.1, 0.15) is 36.2 Å². The van der Waals surface area contributed by atoms with Crippen LogP contribution in [0.15, 0.2) is 65.4 Å². The molecule has 0 spiro atoms. The van der Waals surface area contributed by atoms with Crippen molar-refractivity contribution in [1.29, 1.82) is 0 Å². The Morgan fingerprint density at radius 2 is 2.03 bits per heavy atom. The number of carbonyl (C=O) groups is 1. The Balaban J connectivity index is 1.71. The van der Waals surface area contributed by atoms with E-state index < -0.39 is 31.3 Å². The van der Waals surface area contributed by atoms with Gasteiger partial charge in [0.2, 0.25) is 0 Å². The Labute approximate surface area is 164 Å². The van der Waals surface area contributed by atoms with E-state index in [1.807, 2.05) is 12.1 Å². The quantitative estimate of drug-likeness (QED) is 0.401. The van der Waals surface area contributed by atoms with Crippen LogP contribution in [-0.2, 0) is 9.53 Å². The number of fused-ring (bicyclic) bond motifs is 1. The molecule has 0 fully saturated rings. The molecule has 29 heavy (non-hydrogen) atoms. The number of alkyl halides is 3. The van der Waals surface area contributed by atoms with Crippen LogP contribution in [0.1, 0.15) is 6.92 Å². The van der Waals surface area contributed by atoms with Crippen molar-refractivity contribution < 1.29 is 31.9 Å². The Hall–Kier alpha value is -3.29. The second-order valence-corrected chi connectivity index (χ2v) is 6.48. The lowest BCUT2D eigenvalue weighted by Crippen LogP contribution is -2.33. The highest BCUT2D eigenvalue weighted by Crippen LogP contribution is 2.31. The summed E-state index contributed by atoms with van der Waals surface area (Å²) in [6.07, 6.45) is -1.30. The second kappa shape index (κ2) is 8.38. The zero-order chi connectivity index (χ0) is 21.0. The maximum Gasteiger partial charge on any atom is 0.398 e. The van der Waals surface area contributed by atoms with E-state index in [2.05, 4.69) is 16.3 Å². The topological polar surface area (TPSA) is 61.6 Å². The van der Waals surface area contributed by atoms with Crippen molar-refractivity contribution in [3.63, 3.8) is 0 Å². The molecule has 0 N–H and O–H groups in total. The standard InChI is InChI=1S/C21H18F3NO4/c1-13(2)20(26)28-12-16(21(22,23)24)11-27-17-6-5-14-8-18(29-19(14)9-17)15-4-3-7-25-10-15/h3-10,16H,1,11-12H2,2H3. The summed E-state index contributed by atoms with van der Waals surface area (Å²) in [6.45, 7) is 3.16. The molecule has 0 saturated carbocycles. The van der Waals surface area contributed by atoms with Crippen LogP contribution in [0, 0.1) is 5.92 Å². The van der Waals surface area contributed by atoms with Gasteiger partial charge in [-0.2, -0.15) is 13.2 Å². The molecule has 0 amide bonds. The van der Waals surface area contributed by atoms with E-state index in [4.69, 9.17) is 9.15 Å². The van der Waals surface area contributed by atoms with Crippen molar-refractivity contribution in [1.82, 2.24) is 4.98 Å². The Morgan fingerprint density at radius 1 is 1.24 bits per heavy atom. The minimum absolute atomic E-state index is 0.0273. The van der Waals surface area contributed by atoms with Crippen LogP contribution >= 0.6 is 0 Å². The highest BCUT2D eigenvalue weighted by molar-refractivity contribution is 5.87. The van der Waals surface area contributed by atoms with Gasteiger partial charge < -0.3 is 13.9 Å². The van der Waals surface area contributed by atoms with E-state index in [1.54, 1.807) is 30.6 Å². The first-order valence-corrected chi connectivity index (χ1v) is 8.70. The lowest BCUT2D eigenvalue weighted by atomic mass is 10.1. The van der Waals surface area contributed by atoms with Crippen LogP contribution in [0.2, 0.25) is 0 Å². The summed E-state index contributed by atoms with van der Waals surface area (Å²) in [5.41, 5.74) is 1.28. The fraction of sp³-hybridized carbons (Fsp3) is 0.238. The Bertz CT molecular complexity index is 1010. The summed E-state index contributed by atoms with van der Waals surface area (Å²) in [5, 5.41) is 0.777. The number of carbonyl (C=O) groups excluding carboxylic acids is 1. The molecule has 1 aromatic carbocycles. The predicted octanol–water partition coefficient (Wildman–Crippen LogP) is 5.17. The van der Waals surface area contributed by atoms with Crippen molar-refractivity contribution in [2.24, 2.45) is 5.92 Å². The fourth-order valence-corrected chi connectivity index (χ4v) is 2.49. The predicted molar refractivity (Wildman–Crippen MR) is 100 cm³/mol. The molecule has 0 bridgehead atoms. The lowest BCUT2D eigenvalue weighted by molar-refractivity contribution is -0.196. The molecule has 0 aliphatic rings. The number of pyridine rings is 1. The maximum absolute atomic E-state index is 13.2. The summed E-state index contributed by atoms with van der Waals surface area (Å²) in [7, 11) is 0. The lowest BCUT2D eigenvalue weighted by Gasteiger charge is -2.20. The van der Waals surface area contributed by atoms with Crippen LogP contribution in [0.25, 0.3) is 22.3 Å². The summed E-state index contributed by atoms with van der Waals surface area (Å²) in [4.78, 5) is 15.4. The van der Waals surface area contributed by atoms with E-state index in [1.165, 1.54) is 13.0 Å². The molecule has 0 aliphatic heterocycles. The largest absolute Gasteiger partial charge is 0.493 e. The normalized spacial score (nSPS) is 12.6. The number of aromatic nitrogens is 1. The van der Waals surface area contributed by atoms with Gasteiger partial charge in [-0.15, -0.1) is 0 Å². The number of furan rings is 1. The molecule has 3 aromatic rings. The third-order valence-electron chi connectivity index (χ3n) is 4.12. The van der Waals surface area contributed by atoms with E-state index in [0.717, 1.165) is 10.9 Å². The highest BCUT2D eigenvalue weighted by Gasteiger charge is 2.41. The molecular weight excluding hydrogens is 387 g/mol. The van der Waals surface area contributed by atoms with Crippen molar-refractivity contribution in [2.45, 2.75) is 13.1 Å². The first-order valence-electron chi connectivity index (χ1n) is 8.70. The van der Waals surface area contributed by atoms with Gasteiger partial charge >= 0.3 is 12.1 Å². The summed E-state index contributed by atoms with van der Waals surface area (Å²) in [6, 6.07) is 10.2. The van der Waals surface area contributed by atoms with Crippen molar-refractivity contribution >= 4 is 16.9 Å². The molecule has 3 rings (SSSR count). The second-order valence-electron chi connectivity index (χ2n) is 6.48. The first kappa shape index (κ1) is 20.4. The minimum atomic E-state index is -4.59. The highest BCUT2D eigenvalue weighted by atomic mass is 19.4. The average Bonchev–Trinajstić information content (AvgIpc) is 3.10. The van der Waals surface area contributed by atoms with Crippen LogP contribution in [0.3, 0.4) is 0 Å². The van der Waals surface area contributed by atoms with Gasteiger partial charge in [-0.1, -0.05) is 6.58 Å². The molecule has 0 radical (unpaired) electrons. The summed E-state index contributed by atoms with van der Waals surface area (Å²) in [5.74, 6) is -2.04. The van der Waals surface area contributed by atoms with Gasteiger partial charge in [0.05, 0.1) is 0 Å². The number of esters is 1. The molecule has 152 valence electrons. The zero-order valence-electron chi connectivity index (χ0n) is 15.5. The molecule has 1 atom stereocenters. The van der Waals surface area contributed by atoms with Gasteiger partial charge in [-0.25, -0.2) is 4.79 Å². The van der Waals surface area contributed by atoms with E-state index in [0.29, 0.717) is 11.3 Å². The van der Waals surface area contributed by atoms with Crippen LogP contribution in [-0.4, -0.2) is 30.3 Å². The number of rotatable bonds is 7. The van der Waals surface area contributed by atoms with E-state index in [-0.39, 0.29) is 11.3 Å². The number of halogens is 3. The third kappa shape index (κ3) is 5.16. The summed E-state index contributed by atoms with van der Waals surface area (Å²) >= 11 is 0. The van der Waals surface area contributed by atoms with Crippen molar-refractivity contribution in [3.05, 3.63) is 60.9 Å². The van der Waals surface area contributed by atoms with Gasteiger partial charge in [-0.3, -0.25) is 4.98 Å². The molecule has 2 heterocycles. The van der Waals surface area contributed by atoms with Gasteiger partial charge in [0.15, 0.2) is 0 Å². The van der Waals surface area contributed by atoms with E-state index in [9.17, 15) is 18.0 Å². The van der Waals surface area contributed by atoms with Crippen LogP contribution in [0.4, 0.5) is 13.2 Å². The smallest absolute Gasteiger partial charge is 0.398 e. The number of benzene rings is 1. The maximum atomic E-state index is 13.2. The van der Waals surface area contributed by atoms with Crippen molar-refractivity contribution in [3.8, 4) is 17.1 Å². The molecule has 8 heteroatoms. The number of ether oxygens (including phenoxy) is 2. The summed E-state index contributed by atoms with van der Waals surface area (Å²) < 4.78 is 55.3. The first-order chi connectivity index (χ1) is 13.7. The molecule has 2 aromatic heterocycles. The molecular formula is C21H18F3NO4. The monoisotopic (exact) mass is 405 g/mol. The molecule has 1 unspecified atom stereocenters. The minimum Gasteiger partial charge on any atom is -0.493 e. The fourth-order valence-electron chi connectivity index (χ4n) is 2.49. The zero-order valence-corrected chi connectivity index (χ0v) is 15.5. The third-order valence-corrected chi connectivity index (χ3v) is 4.12. The molecule has 0 aliphatic carbocycles. The molecule has 5 nitrogen and oxygen atoms in total. The number of hydrogen-bond acceptors (Lipinski definition) is 5. The SMILES string of the molecule is C=C(C)C(=O)OCC(COc1ccc2cc(-c3cccnc3)oc2c1)C(F)(F)F. The van der Waals surface area contributed by atoms with Crippen molar-refractivity contribution in [2.75, 3.05) is 13.2 Å². The van der Waals surface area contributed by atoms with Crippen LogP contribution < -0.4 is 4.74 Å².